The van der Waals surface area contributed by atoms with E-state index >= 15 is 0 Å². The number of hydrogen-bond donors (Lipinski definition) is 1. The first kappa shape index (κ1) is 14.1. The molecule has 1 fully saturated rings. The minimum absolute atomic E-state index is 0.159. The Kier molecular flexibility index (Phi) is 3.93. The summed E-state index contributed by atoms with van der Waals surface area (Å²) in [5.74, 6) is 0.710. The molecule has 1 aliphatic rings. The molecule has 0 saturated carbocycles. The summed E-state index contributed by atoms with van der Waals surface area (Å²) in [4.78, 5) is 2.35. The molecular formula is C17H19ClN2O. The van der Waals surface area contributed by atoms with Gasteiger partial charge in [0.2, 0.25) is 0 Å². The van der Waals surface area contributed by atoms with Crippen LogP contribution in [-0.2, 0) is 0 Å². The Balaban J connectivity index is 1.67. The molecule has 21 heavy (non-hydrogen) atoms. The van der Waals surface area contributed by atoms with E-state index in [9.17, 15) is 0 Å². The lowest BCUT2D eigenvalue weighted by Crippen LogP contribution is -2.24. The van der Waals surface area contributed by atoms with Crippen LogP contribution in [0.3, 0.4) is 0 Å². The molecule has 2 aromatic carbocycles. The van der Waals surface area contributed by atoms with Crippen molar-refractivity contribution in [3.8, 4) is 5.75 Å². The van der Waals surface area contributed by atoms with E-state index in [-0.39, 0.29) is 6.10 Å². The molecule has 1 heterocycles. The number of aryl methyl sites for hydroxylation is 1. The second kappa shape index (κ2) is 5.86. The molecule has 0 radical (unpaired) electrons. The molecule has 0 amide bonds. The summed E-state index contributed by atoms with van der Waals surface area (Å²) in [6.45, 7) is 3.99. The predicted molar refractivity (Wildman–Crippen MR) is 88.3 cm³/mol. The molecule has 3 rings (SSSR count). The highest BCUT2D eigenvalue weighted by molar-refractivity contribution is 6.32. The number of nitrogens with two attached hydrogens (primary N) is 1. The van der Waals surface area contributed by atoms with E-state index in [0.717, 1.165) is 19.5 Å². The Morgan fingerprint density at radius 2 is 2.10 bits per heavy atom. The molecule has 4 heteroatoms. The highest BCUT2D eigenvalue weighted by atomic mass is 35.5. The molecule has 0 aromatic heterocycles. The van der Waals surface area contributed by atoms with E-state index < -0.39 is 0 Å². The van der Waals surface area contributed by atoms with Gasteiger partial charge in [0.05, 0.1) is 11.6 Å². The van der Waals surface area contributed by atoms with Crippen LogP contribution in [0.2, 0.25) is 5.02 Å². The van der Waals surface area contributed by atoms with Crippen LogP contribution in [0, 0.1) is 6.92 Å². The molecule has 0 spiro atoms. The van der Waals surface area contributed by atoms with Crippen LogP contribution in [0.15, 0.2) is 42.5 Å². The first-order valence-electron chi connectivity index (χ1n) is 7.15. The van der Waals surface area contributed by atoms with Gasteiger partial charge < -0.3 is 15.4 Å². The van der Waals surface area contributed by atoms with Crippen LogP contribution in [0.25, 0.3) is 0 Å². The second-order valence-electron chi connectivity index (χ2n) is 5.50. The van der Waals surface area contributed by atoms with Gasteiger partial charge in [-0.3, -0.25) is 0 Å². The standard InChI is InChI=1S/C17H19ClN2O/c1-12-3-2-4-14(9-12)20-8-7-15(11-20)21-17-6-5-13(19)10-16(17)18/h2-6,9-10,15H,7-8,11,19H2,1H3/t15-/m0/s1. The number of ether oxygens (including phenoxy) is 1. The first-order valence-corrected chi connectivity index (χ1v) is 7.53. The predicted octanol–water partition coefficient (Wildman–Crippen LogP) is 3.89. The van der Waals surface area contributed by atoms with Crippen molar-refractivity contribution in [2.24, 2.45) is 0 Å². The summed E-state index contributed by atoms with van der Waals surface area (Å²) in [7, 11) is 0. The Labute approximate surface area is 130 Å². The zero-order chi connectivity index (χ0) is 14.8. The molecule has 1 saturated heterocycles. The molecule has 0 bridgehead atoms. The first-order chi connectivity index (χ1) is 10.1. The number of nitrogens with zero attached hydrogens (tertiary/aromatic N) is 1. The van der Waals surface area contributed by atoms with Gasteiger partial charge in [0.1, 0.15) is 11.9 Å². The number of nitrogen functional groups attached to an aromatic ring is 1. The summed E-state index contributed by atoms with van der Waals surface area (Å²) < 4.78 is 6.01. The molecule has 2 N–H and O–H groups in total. The Bertz CT molecular complexity index is 644. The van der Waals surface area contributed by atoms with Crippen molar-refractivity contribution in [2.75, 3.05) is 23.7 Å². The number of anilines is 2. The third-order valence-electron chi connectivity index (χ3n) is 3.76. The van der Waals surface area contributed by atoms with E-state index in [1.54, 1.807) is 6.07 Å². The van der Waals surface area contributed by atoms with Gasteiger partial charge in [0, 0.05) is 24.3 Å². The minimum Gasteiger partial charge on any atom is -0.487 e. The largest absolute Gasteiger partial charge is 0.487 e. The molecule has 2 aromatic rings. The fourth-order valence-corrected chi connectivity index (χ4v) is 2.91. The smallest absolute Gasteiger partial charge is 0.138 e. The lowest BCUT2D eigenvalue weighted by molar-refractivity contribution is 0.225. The maximum absolute atomic E-state index is 6.16. The van der Waals surface area contributed by atoms with Crippen molar-refractivity contribution < 1.29 is 4.74 Å². The van der Waals surface area contributed by atoms with Crippen LogP contribution in [0.4, 0.5) is 11.4 Å². The number of rotatable bonds is 3. The van der Waals surface area contributed by atoms with Gasteiger partial charge in [0.25, 0.3) is 0 Å². The van der Waals surface area contributed by atoms with E-state index in [4.69, 9.17) is 22.1 Å². The van der Waals surface area contributed by atoms with Crippen molar-refractivity contribution in [1.29, 1.82) is 0 Å². The monoisotopic (exact) mass is 302 g/mol. The third kappa shape index (κ3) is 3.24. The zero-order valence-corrected chi connectivity index (χ0v) is 12.8. The number of hydrogen-bond acceptors (Lipinski definition) is 3. The lowest BCUT2D eigenvalue weighted by Gasteiger charge is -2.20. The minimum atomic E-state index is 0.159. The molecule has 1 atom stereocenters. The summed E-state index contributed by atoms with van der Waals surface area (Å²) in [6, 6.07) is 13.9. The van der Waals surface area contributed by atoms with E-state index in [1.165, 1.54) is 11.3 Å². The zero-order valence-electron chi connectivity index (χ0n) is 12.1. The summed E-state index contributed by atoms with van der Waals surface area (Å²) >= 11 is 6.16. The van der Waals surface area contributed by atoms with Gasteiger partial charge in [-0.1, -0.05) is 23.7 Å². The molecular weight excluding hydrogens is 284 g/mol. The SMILES string of the molecule is Cc1cccc(N2CC[C@H](Oc3ccc(N)cc3Cl)C2)c1. The maximum atomic E-state index is 6.16. The van der Waals surface area contributed by atoms with Crippen LogP contribution >= 0.6 is 11.6 Å². The van der Waals surface area contributed by atoms with Crippen molar-refractivity contribution in [3.63, 3.8) is 0 Å². The Morgan fingerprint density at radius 1 is 1.24 bits per heavy atom. The van der Waals surface area contributed by atoms with E-state index in [1.807, 2.05) is 12.1 Å². The van der Waals surface area contributed by atoms with Gasteiger partial charge >= 0.3 is 0 Å². The lowest BCUT2D eigenvalue weighted by atomic mass is 10.2. The Morgan fingerprint density at radius 3 is 2.86 bits per heavy atom. The normalized spacial score (nSPS) is 18.0. The summed E-state index contributed by atoms with van der Waals surface area (Å²) in [6.07, 6.45) is 1.15. The second-order valence-corrected chi connectivity index (χ2v) is 5.91. The van der Waals surface area contributed by atoms with Gasteiger partial charge in [-0.15, -0.1) is 0 Å². The topological polar surface area (TPSA) is 38.5 Å². The van der Waals surface area contributed by atoms with Gasteiger partial charge in [-0.25, -0.2) is 0 Å². The highest BCUT2D eigenvalue weighted by Gasteiger charge is 2.24. The molecule has 1 aliphatic heterocycles. The van der Waals surface area contributed by atoms with E-state index in [2.05, 4.69) is 36.1 Å². The van der Waals surface area contributed by atoms with E-state index in [0.29, 0.717) is 16.5 Å². The molecule has 110 valence electrons. The van der Waals surface area contributed by atoms with Crippen LogP contribution < -0.4 is 15.4 Å². The number of benzene rings is 2. The van der Waals surface area contributed by atoms with Gasteiger partial charge in [0.15, 0.2) is 0 Å². The average Bonchev–Trinajstić information content (AvgIpc) is 2.91. The fourth-order valence-electron chi connectivity index (χ4n) is 2.68. The maximum Gasteiger partial charge on any atom is 0.138 e. The van der Waals surface area contributed by atoms with Crippen molar-refractivity contribution in [3.05, 3.63) is 53.1 Å². The van der Waals surface area contributed by atoms with Crippen molar-refractivity contribution >= 4 is 23.0 Å². The fraction of sp³-hybridized carbons (Fsp3) is 0.294. The highest BCUT2D eigenvalue weighted by Crippen LogP contribution is 2.30. The van der Waals surface area contributed by atoms with Gasteiger partial charge in [-0.2, -0.15) is 0 Å². The molecule has 3 nitrogen and oxygen atoms in total. The van der Waals surface area contributed by atoms with Crippen LogP contribution in [0.5, 0.6) is 5.75 Å². The van der Waals surface area contributed by atoms with Crippen molar-refractivity contribution in [1.82, 2.24) is 0 Å². The molecule has 0 unspecified atom stereocenters. The van der Waals surface area contributed by atoms with Crippen molar-refractivity contribution in [2.45, 2.75) is 19.4 Å². The quantitative estimate of drug-likeness (QED) is 0.874. The summed E-state index contributed by atoms with van der Waals surface area (Å²) in [5, 5.41) is 0.573. The van der Waals surface area contributed by atoms with Crippen LogP contribution in [-0.4, -0.2) is 19.2 Å². The third-order valence-corrected chi connectivity index (χ3v) is 4.06. The molecule has 0 aliphatic carbocycles. The number of halogens is 1. The summed E-state index contributed by atoms with van der Waals surface area (Å²) in [5.41, 5.74) is 8.88. The Hall–Kier alpha value is -1.87. The van der Waals surface area contributed by atoms with Crippen LogP contribution in [0.1, 0.15) is 12.0 Å². The van der Waals surface area contributed by atoms with Gasteiger partial charge in [-0.05, 0) is 42.8 Å². The average molecular weight is 303 g/mol.